The Hall–Kier alpha value is -2.44. The lowest BCUT2D eigenvalue weighted by molar-refractivity contribution is 0.466. The Morgan fingerprint density at radius 2 is 1.68 bits per heavy atom. The van der Waals surface area contributed by atoms with Crippen molar-refractivity contribution in [2.75, 3.05) is 0 Å². The molecule has 5 nitrogen and oxygen atoms in total. The molecule has 3 rings (SSSR count). The highest BCUT2D eigenvalue weighted by Gasteiger charge is 2.17. The predicted octanol–water partition coefficient (Wildman–Crippen LogP) is 3.36. The summed E-state index contributed by atoms with van der Waals surface area (Å²) < 4.78 is 33.0. The first-order chi connectivity index (χ1) is 11.9. The number of nitrogens with one attached hydrogen (secondary N) is 1. The monoisotopic (exact) mass is 356 g/mol. The van der Waals surface area contributed by atoms with Gasteiger partial charge in [-0.3, -0.25) is 0 Å². The van der Waals surface area contributed by atoms with E-state index in [-0.39, 0.29) is 11.4 Å². The minimum absolute atomic E-state index is 0.0687. The fourth-order valence-electron chi connectivity index (χ4n) is 2.54. The van der Waals surface area contributed by atoms with Gasteiger partial charge in [0.05, 0.1) is 17.1 Å². The van der Waals surface area contributed by atoms with E-state index in [4.69, 9.17) is 4.42 Å². The van der Waals surface area contributed by atoms with Crippen LogP contribution in [0.3, 0.4) is 0 Å². The molecule has 0 aliphatic carbocycles. The zero-order valence-electron chi connectivity index (χ0n) is 14.2. The van der Waals surface area contributed by atoms with Gasteiger partial charge in [0.2, 0.25) is 10.0 Å². The molecule has 2 aromatic carbocycles. The van der Waals surface area contributed by atoms with Crippen LogP contribution < -0.4 is 4.72 Å². The summed E-state index contributed by atoms with van der Waals surface area (Å²) in [6.45, 7) is 3.74. The molecule has 0 bridgehead atoms. The minimum atomic E-state index is -3.59. The number of sulfonamides is 1. The van der Waals surface area contributed by atoms with E-state index in [1.165, 1.54) is 0 Å². The highest BCUT2D eigenvalue weighted by Crippen LogP contribution is 2.17. The van der Waals surface area contributed by atoms with Crippen LogP contribution in [0.4, 0.5) is 0 Å². The molecule has 6 heteroatoms. The van der Waals surface area contributed by atoms with E-state index >= 15 is 0 Å². The molecule has 0 atom stereocenters. The Morgan fingerprint density at radius 1 is 1.00 bits per heavy atom. The summed E-state index contributed by atoms with van der Waals surface area (Å²) in [5.41, 5.74) is 2.85. The van der Waals surface area contributed by atoms with Crippen LogP contribution in [0.2, 0.25) is 0 Å². The average Bonchev–Trinajstić information content (AvgIpc) is 2.94. The Bertz CT molecular complexity index is 946. The molecule has 0 aliphatic heterocycles. The SMILES string of the molecule is Cc1ccc(S(=O)(=O)NCc2oc(C)nc2Cc2ccccc2)cc1. The summed E-state index contributed by atoms with van der Waals surface area (Å²) in [5.74, 6) is 1.06. The lowest BCUT2D eigenvalue weighted by Gasteiger charge is -2.07. The van der Waals surface area contributed by atoms with E-state index in [0.717, 1.165) is 16.8 Å². The molecule has 25 heavy (non-hydrogen) atoms. The van der Waals surface area contributed by atoms with Crippen LogP contribution in [0.5, 0.6) is 0 Å². The summed E-state index contributed by atoms with van der Waals surface area (Å²) in [4.78, 5) is 4.62. The molecule has 3 aromatic rings. The third-order valence-electron chi connectivity index (χ3n) is 3.85. The number of hydrogen-bond acceptors (Lipinski definition) is 4. The number of rotatable bonds is 6. The quantitative estimate of drug-likeness (QED) is 0.735. The van der Waals surface area contributed by atoms with E-state index in [9.17, 15) is 8.42 Å². The fraction of sp³-hybridized carbons (Fsp3) is 0.211. The van der Waals surface area contributed by atoms with Gasteiger partial charge in [0.1, 0.15) is 5.76 Å². The minimum Gasteiger partial charge on any atom is -0.444 e. The van der Waals surface area contributed by atoms with Gasteiger partial charge >= 0.3 is 0 Å². The van der Waals surface area contributed by atoms with E-state index in [1.54, 1.807) is 31.2 Å². The second-order valence-corrected chi connectivity index (χ2v) is 7.67. The summed E-state index contributed by atoms with van der Waals surface area (Å²) in [5, 5.41) is 0. The first-order valence-corrected chi connectivity index (χ1v) is 9.48. The zero-order chi connectivity index (χ0) is 17.9. The van der Waals surface area contributed by atoms with Crippen LogP contribution >= 0.6 is 0 Å². The van der Waals surface area contributed by atoms with Crippen LogP contribution in [0.25, 0.3) is 0 Å². The van der Waals surface area contributed by atoms with Crippen molar-refractivity contribution in [3.8, 4) is 0 Å². The standard InChI is InChI=1S/C19H20N2O3S/c1-14-8-10-17(11-9-14)25(22,23)20-13-19-18(21-15(2)24-19)12-16-6-4-3-5-7-16/h3-11,20H,12-13H2,1-2H3. The number of aryl methyl sites for hydroxylation is 2. The lowest BCUT2D eigenvalue weighted by atomic mass is 10.1. The van der Waals surface area contributed by atoms with Crippen LogP contribution in [0.15, 0.2) is 63.9 Å². The smallest absolute Gasteiger partial charge is 0.240 e. The molecule has 0 saturated carbocycles. The van der Waals surface area contributed by atoms with Crippen molar-refractivity contribution >= 4 is 10.0 Å². The Balaban J connectivity index is 1.76. The summed E-state index contributed by atoms with van der Waals surface area (Å²) in [7, 11) is -3.59. The third kappa shape index (κ3) is 4.35. The number of oxazole rings is 1. The van der Waals surface area contributed by atoms with E-state index in [0.29, 0.717) is 18.1 Å². The van der Waals surface area contributed by atoms with Crippen LogP contribution in [0.1, 0.15) is 28.5 Å². The van der Waals surface area contributed by atoms with E-state index in [1.807, 2.05) is 37.3 Å². The number of nitrogens with zero attached hydrogens (tertiary/aromatic N) is 1. The van der Waals surface area contributed by atoms with Crippen molar-refractivity contribution in [1.29, 1.82) is 0 Å². The van der Waals surface area contributed by atoms with Gasteiger partial charge in [-0.05, 0) is 24.6 Å². The molecule has 0 radical (unpaired) electrons. The van der Waals surface area contributed by atoms with Crippen molar-refractivity contribution < 1.29 is 12.8 Å². The maximum absolute atomic E-state index is 12.4. The van der Waals surface area contributed by atoms with E-state index < -0.39 is 10.0 Å². The lowest BCUT2D eigenvalue weighted by Crippen LogP contribution is -2.23. The summed E-state index contributed by atoms with van der Waals surface area (Å²) in [6, 6.07) is 16.6. The van der Waals surface area contributed by atoms with Gasteiger partial charge in [-0.2, -0.15) is 0 Å². The molecular formula is C19H20N2O3S. The normalized spacial score (nSPS) is 11.6. The number of benzene rings is 2. The maximum atomic E-state index is 12.4. The maximum Gasteiger partial charge on any atom is 0.240 e. The zero-order valence-corrected chi connectivity index (χ0v) is 15.0. The largest absolute Gasteiger partial charge is 0.444 e. The molecule has 0 aliphatic rings. The first kappa shape index (κ1) is 17.4. The number of aromatic nitrogens is 1. The van der Waals surface area contributed by atoms with Crippen molar-refractivity contribution in [1.82, 2.24) is 9.71 Å². The molecule has 130 valence electrons. The Morgan fingerprint density at radius 3 is 2.36 bits per heavy atom. The van der Waals surface area contributed by atoms with Gasteiger partial charge in [0.15, 0.2) is 5.89 Å². The average molecular weight is 356 g/mol. The van der Waals surface area contributed by atoms with Crippen molar-refractivity contribution in [2.45, 2.75) is 31.7 Å². The van der Waals surface area contributed by atoms with Gasteiger partial charge < -0.3 is 4.42 Å². The topological polar surface area (TPSA) is 72.2 Å². The molecule has 1 aromatic heterocycles. The molecule has 0 unspecified atom stereocenters. The molecule has 0 fully saturated rings. The van der Waals surface area contributed by atoms with Crippen LogP contribution in [-0.4, -0.2) is 13.4 Å². The highest BCUT2D eigenvalue weighted by molar-refractivity contribution is 7.89. The van der Waals surface area contributed by atoms with Gasteiger partial charge in [-0.1, -0.05) is 48.0 Å². The Labute approximate surface area is 147 Å². The highest BCUT2D eigenvalue weighted by atomic mass is 32.2. The molecular weight excluding hydrogens is 336 g/mol. The summed E-state index contributed by atoms with van der Waals surface area (Å²) in [6.07, 6.45) is 0.597. The predicted molar refractivity (Wildman–Crippen MR) is 95.7 cm³/mol. The Kier molecular flexibility index (Phi) is 5.01. The third-order valence-corrected chi connectivity index (χ3v) is 5.27. The number of hydrogen-bond donors (Lipinski definition) is 1. The van der Waals surface area contributed by atoms with Gasteiger partial charge in [-0.15, -0.1) is 0 Å². The van der Waals surface area contributed by atoms with Gasteiger partial charge in [0.25, 0.3) is 0 Å². The fourth-order valence-corrected chi connectivity index (χ4v) is 3.52. The van der Waals surface area contributed by atoms with Crippen molar-refractivity contribution in [3.05, 3.63) is 83.1 Å². The van der Waals surface area contributed by atoms with Gasteiger partial charge in [0, 0.05) is 13.3 Å². The first-order valence-electron chi connectivity index (χ1n) is 7.99. The van der Waals surface area contributed by atoms with Crippen LogP contribution in [-0.2, 0) is 23.0 Å². The molecule has 0 spiro atoms. The van der Waals surface area contributed by atoms with Crippen molar-refractivity contribution in [3.63, 3.8) is 0 Å². The van der Waals surface area contributed by atoms with Crippen molar-refractivity contribution in [2.24, 2.45) is 0 Å². The molecule has 0 amide bonds. The molecule has 1 heterocycles. The van der Waals surface area contributed by atoms with Gasteiger partial charge in [-0.25, -0.2) is 18.1 Å². The molecule has 0 saturated heterocycles. The van der Waals surface area contributed by atoms with E-state index in [2.05, 4.69) is 9.71 Å². The second kappa shape index (κ2) is 7.21. The second-order valence-electron chi connectivity index (χ2n) is 5.90. The van der Waals surface area contributed by atoms with Crippen LogP contribution in [0, 0.1) is 13.8 Å². The molecule has 1 N–H and O–H groups in total. The summed E-state index contributed by atoms with van der Waals surface area (Å²) >= 11 is 0.